The Morgan fingerprint density at radius 2 is 1.39 bits per heavy atom. The molecule has 182 valence electrons. The van der Waals surface area contributed by atoms with Crippen LogP contribution in [-0.4, -0.2) is 24.0 Å². The second-order valence-corrected chi connectivity index (χ2v) is 10.2. The zero-order valence-corrected chi connectivity index (χ0v) is 21.5. The summed E-state index contributed by atoms with van der Waals surface area (Å²) in [6.45, 7) is 2.25. The van der Waals surface area contributed by atoms with Crippen molar-refractivity contribution in [3.8, 4) is 22.3 Å². The largest absolute Gasteiger partial charge is 0.460 e. The molecular formula is C32H31NO2S. The van der Waals surface area contributed by atoms with Gasteiger partial charge in [-0.05, 0) is 40.8 Å². The number of furan rings is 1. The molecule has 3 nitrogen and oxygen atoms in total. The lowest BCUT2D eigenvalue weighted by atomic mass is 9.96. The first-order valence-electron chi connectivity index (χ1n) is 12.3. The molecule has 0 spiro atoms. The third kappa shape index (κ3) is 5.12. The first-order chi connectivity index (χ1) is 17.7. The molecule has 0 radical (unpaired) electrons. The zero-order chi connectivity index (χ0) is 24.9. The molecule has 6 rings (SSSR count). The molecule has 0 saturated carbocycles. The molecular weight excluding hydrogens is 462 g/mol. The van der Waals surface area contributed by atoms with Gasteiger partial charge in [-0.15, -0.1) is 11.8 Å². The summed E-state index contributed by atoms with van der Waals surface area (Å²) in [5.74, 6) is 2.18. The molecule has 1 fully saturated rings. The second-order valence-electron chi connectivity index (χ2n) is 9.04. The van der Waals surface area contributed by atoms with Gasteiger partial charge >= 0.3 is 0 Å². The van der Waals surface area contributed by atoms with Crippen LogP contribution in [0, 0.1) is 0 Å². The van der Waals surface area contributed by atoms with Gasteiger partial charge in [-0.1, -0.05) is 97.1 Å². The lowest BCUT2D eigenvalue weighted by Gasteiger charge is -2.12. The Balaban J connectivity index is 0.00000130. The van der Waals surface area contributed by atoms with Crippen LogP contribution in [0.1, 0.15) is 29.2 Å². The highest BCUT2D eigenvalue weighted by atomic mass is 32.2. The molecule has 0 bridgehead atoms. The molecule has 4 aromatic carbocycles. The van der Waals surface area contributed by atoms with Crippen LogP contribution in [0.15, 0.2) is 108 Å². The average molecular weight is 494 g/mol. The SMILES string of the molecule is CC1CSC(c2ccc(-c3ccc(-c4c(Cc5ccccc5)oc5ccccc45)cc3)cc2)N1.CO. The van der Waals surface area contributed by atoms with Gasteiger partial charge in [0.25, 0.3) is 0 Å². The molecule has 2 N–H and O–H groups in total. The normalized spacial score (nSPS) is 17.1. The standard InChI is InChI=1S/C31H27NOS.CH4O/c1-21-20-34-31(32-21)26-17-13-24(14-18-26)23-11-15-25(16-12-23)30-27-9-5-6-10-28(27)33-29(30)19-22-7-3-2-4-8-22;1-2/h2-18,21,31-32H,19-20H2,1H3;2H,1H3. The van der Waals surface area contributed by atoms with E-state index in [9.17, 15) is 0 Å². The van der Waals surface area contributed by atoms with Crippen molar-refractivity contribution in [2.24, 2.45) is 0 Å². The molecule has 1 aromatic heterocycles. The van der Waals surface area contributed by atoms with Crippen LogP contribution in [0.3, 0.4) is 0 Å². The van der Waals surface area contributed by atoms with Crippen molar-refractivity contribution in [2.75, 3.05) is 12.9 Å². The van der Waals surface area contributed by atoms with Gasteiger partial charge in [-0.3, -0.25) is 5.32 Å². The van der Waals surface area contributed by atoms with E-state index in [0.717, 1.165) is 24.9 Å². The highest BCUT2D eigenvalue weighted by Gasteiger charge is 2.22. The minimum Gasteiger partial charge on any atom is -0.460 e. The van der Waals surface area contributed by atoms with E-state index in [1.807, 2.05) is 17.8 Å². The Kier molecular flexibility index (Phi) is 7.57. The highest BCUT2D eigenvalue weighted by molar-refractivity contribution is 7.99. The summed E-state index contributed by atoms with van der Waals surface area (Å²) in [6.07, 6.45) is 0.778. The lowest BCUT2D eigenvalue weighted by molar-refractivity contribution is 0.399. The molecule has 2 heterocycles. The van der Waals surface area contributed by atoms with Crippen molar-refractivity contribution >= 4 is 22.7 Å². The third-order valence-corrected chi connectivity index (χ3v) is 7.98. The van der Waals surface area contributed by atoms with E-state index in [1.165, 1.54) is 44.5 Å². The van der Waals surface area contributed by atoms with E-state index in [-0.39, 0.29) is 0 Å². The van der Waals surface area contributed by atoms with Crippen LogP contribution in [-0.2, 0) is 6.42 Å². The Labute approximate surface area is 217 Å². The van der Waals surface area contributed by atoms with Gasteiger partial charge in [0.2, 0.25) is 0 Å². The van der Waals surface area contributed by atoms with Crippen molar-refractivity contribution in [1.82, 2.24) is 5.32 Å². The Morgan fingerprint density at radius 3 is 2.06 bits per heavy atom. The minimum atomic E-state index is 0.406. The predicted octanol–water partition coefficient (Wildman–Crippen LogP) is 7.69. The van der Waals surface area contributed by atoms with Crippen LogP contribution in [0.25, 0.3) is 33.2 Å². The number of fused-ring (bicyclic) bond motifs is 1. The predicted molar refractivity (Wildman–Crippen MR) is 152 cm³/mol. The smallest absolute Gasteiger partial charge is 0.134 e. The fourth-order valence-corrected chi connectivity index (χ4v) is 6.04. The summed E-state index contributed by atoms with van der Waals surface area (Å²) in [6, 6.07) is 37.3. The fraction of sp³-hybridized carbons (Fsp3) is 0.188. The fourth-order valence-electron chi connectivity index (χ4n) is 4.79. The van der Waals surface area contributed by atoms with Gasteiger partial charge in [0.05, 0.1) is 5.37 Å². The van der Waals surface area contributed by atoms with Gasteiger partial charge in [0.15, 0.2) is 0 Å². The van der Waals surface area contributed by atoms with E-state index >= 15 is 0 Å². The molecule has 1 aliphatic heterocycles. The average Bonchev–Trinajstić information content (AvgIpc) is 3.54. The maximum atomic E-state index is 7.00. The van der Waals surface area contributed by atoms with Crippen molar-refractivity contribution in [1.29, 1.82) is 0 Å². The van der Waals surface area contributed by atoms with E-state index in [1.54, 1.807) is 0 Å². The van der Waals surface area contributed by atoms with Crippen LogP contribution in [0.2, 0.25) is 0 Å². The molecule has 4 heteroatoms. The number of aliphatic hydroxyl groups is 1. The molecule has 1 saturated heterocycles. The van der Waals surface area contributed by atoms with Gasteiger partial charge in [-0.2, -0.15) is 0 Å². The monoisotopic (exact) mass is 493 g/mol. The first kappa shape index (κ1) is 24.4. The van der Waals surface area contributed by atoms with Crippen molar-refractivity contribution in [2.45, 2.75) is 24.8 Å². The molecule has 0 amide bonds. The summed E-state index contributed by atoms with van der Waals surface area (Å²) < 4.78 is 6.33. The maximum Gasteiger partial charge on any atom is 0.134 e. The van der Waals surface area contributed by atoms with E-state index < -0.39 is 0 Å². The molecule has 1 aliphatic rings. The number of rotatable bonds is 5. The van der Waals surface area contributed by atoms with Crippen LogP contribution < -0.4 is 5.32 Å². The number of hydrogen-bond acceptors (Lipinski definition) is 4. The third-order valence-electron chi connectivity index (χ3n) is 6.55. The second kappa shape index (κ2) is 11.2. The summed E-state index contributed by atoms with van der Waals surface area (Å²) in [5.41, 5.74) is 8.40. The quantitative estimate of drug-likeness (QED) is 0.263. The molecule has 2 unspecified atom stereocenters. The molecule has 0 aliphatic carbocycles. The number of nitrogens with one attached hydrogen (secondary N) is 1. The number of para-hydroxylation sites is 1. The van der Waals surface area contributed by atoms with Crippen molar-refractivity contribution in [3.63, 3.8) is 0 Å². The number of hydrogen-bond donors (Lipinski definition) is 2. The molecule has 2 atom stereocenters. The van der Waals surface area contributed by atoms with Gasteiger partial charge in [-0.25, -0.2) is 0 Å². The van der Waals surface area contributed by atoms with Crippen LogP contribution in [0.5, 0.6) is 0 Å². The highest BCUT2D eigenvalue weighted by Crippen LogP contribution is 2.37. The lowest BCUT2D eigenvalue weighted by Crippen LogP contribution is -2.21. The number of benzene rings is 4. The summed E-state index contributed by atoms with van der Waals surface area (Å²) in [5, 5.41) is 12.2. The van der Waals surface area contributed by atoms with Crippen LogP contribution in [0.4, 0.5) is 0 Å². The zero-order valence-electron chi connectivity index (χ0n) is 20.6. The maximum absolute atomic E-state index is 7.00. The first-order valence-corrected chi connectivity index (χ1v) is 13.4. The van der Waals surface area contributed by atoms with Crippen molar-refractivity contribution < 1.29 is 9.52 Å². The Bertz CT molecular complexity index is 1410. The topological polar surface area (TPSA) is 45.4 Å². The number of thioether (sulfide) groups is 1. The summed E-state index contributed by atoms with van der Waals surface area (Å²) in [7, 11) is 1.00. The molecule has 5 aromatic rings. The Morgan fingerprint density at radius 1 is 0.778 bits per heavy atom. The van der Waals surface area contributed by atoms with Crippen molar-refractivity contribution in [3.05, 3.63) is 120 Å². The minimum absolute atomic E-state index is 0.406. The van der Waals surface area contributed by atoms with Crippen LogP contribution >= 0.6 is 11.8 Å². The summed E-state index contributed by atoms with van der Waals surface area (Å²) >= 11 is 1.99. The van der Waals surface area contributed by atoms with Gasteiger partial charge in [0.1, 0.15) is 11.3 Å². The van der Waals surface area contributed by atoms with Gasteiger partial charge in [0, 0.05) is 36.3 Å². The van der Waals surface area contributed by atoms with Gasteiger partial charge < -0.3 is 9.52 Å². The number of aliphatic hydroxyl groups excluding tert-OH is 1. The molecule has 36 heavy (non-hydrogen) atoms. The van der Waals surface area contributed by atoms with E-state index in [2.05, 4.69) is 109 Å². The summed E-state index contributed by atoms with van der Waals surface area (Å²) in [4.78, 5) is 0. The van der Waals surface area contributed by atoms with E-state index in [0.29, 0.717) is 11.4 Å². The van der Waals surface area contributed by atoms with E-state index in [4.69, 9.17) is 9.52 Å². The Hall–Kier alpha value is -3.31.